The Labute approximate surface area is 79.1 Å². The topological polar surface area (TPSA) is 17.1 Å². The highest BCUT2D eigenvalue weighted by Crippen LogP contribution is 2.25. The number of hydrogen-bond acceptors (Lipinski definition) is 1. The van der Waals surface area contributed by atoms with Crippen molar-refractivity contribution in [2.24, 2.45) is 0 Å². The quantitative estimate of drug-likeness (QED) is 0.538. The van der Waals surface area contributed by atoms with Crippen molar-refractivity contribution in [2.75, 3.05) is 0 Å². The lowest BCUT2D eigenvalue weighted by molar-refractivity contribution is -0.107. The van der Waals surface area contributed by atoms with Crippen molar-refractivity contribution in [3.05, 3.63) is 34.6 Å². The third-order valence-electron chi connectivity index (χ3n) is 1.40. The Hall–Kier alpha value is -0.600. The Balaban J connectivity index is 3.15. The van der Waals surface area contributed by atoms with Gasteiger partial charge in [-0.25, -0.2) is 4.39 Å². The van der Waals surface area contributed by atoms with Gasteiger partial charge in [-0.2, -0.15) is 0 Å². The van der Waals surface area contributed by atoms with Gasteiger partial charge < -0.3 is 4.79 Å². The minimum atomic E-state index is -0.969. The highest BCUT2D eigenvalue weighted by molar-refractivity contribution is 6.31. The van der Waals surface area contributed by atoms with Gasteiger partial charge >= 0.3 is 0 Å². The third kappa shape index (κ3) is 1.76. The first-order chi connectivity index (χ1) is 5.66. The molecule has 1 nitrogen and oxygen atoms in total. The molecule has 0 heterocycles. The number of hydrogen-bond donors (Lipinski definition) is 0. The smallest absolute Gasteiger partial charge is 0.146 e. The normalized spacial score (nSPS) is 12.6. The van der Waals surface area contributed by atoms with E-state index < -0.39 is 11.2 Å². The maximum Gasteiger partial charge on any atom is 0.146 e. The van der Waals surface area contributed by atoms with Gasteiger partial charge in [0.15, 0.2) is 0 Å². The molecule has 1 unspecified atom stereocenters. The van der Waals surface area contributed by atoms with Crippen LogP contribution in [0.15, 0.2) is 18.2 Å². The second-order valence-corrected chi connectivity index (χ2v) is 3.06. The largest absolute Gasteiger partial charge is 0.301 e. The molecule has 0 aliphatic heterocycles. The van der Waals surface area contributed by atoms with Crippen molar-refractivity contribution in [3.8, 4) is 0 Å². The number of aldehydes is 1. The fourth-order valence-electron chi connectivity index (χ4n) is 0.807. The molecule has 0 radical (unpaired) electrons. The predicted octanol–water partition coefficient (Wildman–Crippen LogP) is 2.96. The minimum Gasteiger partial charge on any atom is -0.301 e. The number of alkyl halides is 1. The molecule has 0 fully saturated rings. The molecule has 0 bridgehead atoms. The Morgan fingerprint density at radius 2 is 2.17 bits per heavy atom. The van der Waals surface area contributed by atoms with Crippen LogP contribution < -0.4 is 0 Å². The monoisotopic (exact) mass is 206 g/mol. The van der Waals surface area contributed by atoms with E-state index in [1.165, 1.54) is 12.1 Å². The van der Waals surface area contributed by atoms with Crippen molar-refractivity contribution in [1.82, 2.24) is 0 Å². The summed E-state index contributed by atoms with van der Waals surface area (Å²) in [6.45, 7) is 0. The van der Waals surface area contributed by atoms with Gasteiger partial charge in [-0.1, -0.05) is 23.7 Å². The highest BCUT2D eigenvalue weighted by Gasteiger charge is 2.13. The third-order valence-corrected chi connectivity index (χ3v) is 2.03. The summed E-state index contributed by atoms with van der Waals surface area (Å²) < 4.78 is 13.1. The van der Waals surface area contributed by atoms with Gasteiger partial charge in [-0.15, -0.1) is 11.6 Å². The first-order valence-corrected chi connectivity index (χ1v) is 4.01. The minimum absolute atomic E-state index is 0.0278. The molecule has 12 heavy (non-hydrogen) atoms. The zero-order chi connectivity index (χ0) is 9.14. The molecule has 0 aromatic heterocycles. The molecular formula is C8H5Cl2FO. The molecule has 0 aliphatic rings. The van der Waals surface area contributed by atoms with Gasteiger partial charge in [0.2, 0.25) is 0 Å². The fourth-order valence-corrected chi connectivity index (χ4v) is 1.16. The van der Waals surface area contributed by atoms with E-state index in [1.807, 2.05) is 0 Å². The molecule has 64 valence electrons. The van der Waals surface area contributed by atoms with Crippen molar-refractivity contribution < 1.29 is 9.18 Å². The molecule has 0 saturated carbocycles. The molecule has 0 saturated heterocycles. The van der Waals surface area contributed by atoms with Crippen LogP contribution in [0.2, 0.25) is 5.02 Å². The zero-order valence-corrected chi connectivity index (χ0v) is 7.44. The average Bonchev–Trinajstić information content (AvgIpc) is 2.08. The summed E-state index contributed by atoms with van der Waals surface area (Å²) in [5.41, 5.74) is 0.110. The Morgan fingerprint density at radius 1 is 1.50 bits per heavy atom. The van der Waals surface area contributed by atoms with E-state index in [2.05, 4.69) is 0 Å². The fraction of sp³-hybridized carbons (Fsp3) is 0.125. The Morgan fingerprint density at radius 3 is 2.75 bits per heavy atom. The summed E-state index contributed by atoms with van der Waals surface area (Å²) >= 11 is 11.0. The summed E-state index contributed by atoms with van der Waals surface area (Å²) in [4.78, 5) is 10.2. The van der Waals surface area contributed by atoms with Crippen LogP contribution in [0.25, 0.3) is 0 Å². The molecule has 0 spiro atoms. The van der Waals surface area contributed by atoms with E-state index in [0.717, 1.165) is 0 Å². The van der Waals surface area contributed by atoms with E-state index in [-0.39, 0.29) is 10.6 Å². The van der Waals surface area contributed by atoms with Crippen LogP contribution in [0.4, 0.5) is 4.39 Å². The molecule has 0 N–H and O–H groups in total. The molecule has 0 amide bonds. The average molecular weight is 207 g/mol. The van der Waals surface area contributed by atoms with Crippen LogP contribution in [0.5, 0.6) is 0 Å². The summed E-state index contributed by atoms with van der Waals surface area (Å²) in [5, 5.41) is -0.997. The van der Waals surface area contributed by atoms with E-state index >= 15 is 0 Å². The molecule has 1 atom stereocenters. The first kappa shape index (κ1) is 9.49. The lowest BCUT2D eigenvalue weighted by Gasteiger charge is -2.03. The predicted molar refractivity (Wildman–Crippen MR) is 46.1 cm³/mol. The van der Waals surface area contributed by atoms with Gasteiger partial charge in [-0.05, 0) is 6.07 Å². The molecule has 0 aliphatic carbocycles. The molecule has 1 aromatic carbocycles. The molecule has 4 heteroatoms. The summed E-state index contributed by atoms with van der Waals surface area (Å²) in [7, 11) is 0. The number of carbonyl (C=O) groups excluding carboxylic acids is 1. The number of benzene rings is 1. The first-order valence-electron chi connectivity index (χ1n) is 3.20. The van der Waals surface area contributed by atoms with Gasteiger partial charge in [0.1, 0.15) is 17.5 Å². The van der Waals surface area contributed by atoms with Crippen LogP contribution in [0.3, 0.4) is 0 Å². The maximum atomic E-state index is 13.1. The number of carbonyl (C=O) groups is 1. The number of rotatable bonds is 2. The molecule has 1 rings (SSSR count). The van der Waals surface area contributed by atoms with Crippen molar-refractivity contribution in [3.63, 3.8) is 0 Å². The summed E-state index contributed by atoms with van der Waals surface area (Å²) in [6, 6.07) is 4.36. The molecular weight excluding hydrogens is 202 g/mol. The van der Waals surface area contributed by atoms with E-state index in [0.29, 0.717) is 6.29 Å². The highest BCUT2D eigenvalue weighted by atomic mass is 35.5. The van der Waals surface area contributed by atoms with Crippen LogP contribution >= 0.6 is 23.2 Å². The van der Waals surface area contributed by atoms with Gasteiger partial charge in [-0.3, -0.25) is 0 Å². The second kappa shape index (κ2) is 3.87. The van der Waals surface area contributed by atoms with Gasteiger partial charge in [0.25, 0.3) is 0 Å². The van der Waals surface area contributed by atoms with Crippen LogP contribution in [-0.4, -0.2) is 6.29 Å². The van der Waals surface area contributed by atoms with Crippen LogP contribution in [0, 0.1) is 5.82 Å². The van der Waals surface area contributed by atoms with E-state index in [1.54, 1.807) is 6.07 Å². The lowest BCUT2D eigenvalue weighted by Crippen LogP contribution is -1.95. The van der Waals surface area contributed by atoms with Crippen molar-refractivity contribution in [2.45, 2.75) is 5.38 Å². The maximum absolute atomic E-state index is 13.1. The standard InChI is InChI=1S/C8H5Cl2FO/c9-6-3-1-2-5(8(6)11)7(10)4-12/h1-4,7H. The van der Waals surface area contributed by atoms with E-state index in [4.69, 9.17) is 23.2 Å². The van der Waals surface area contributed by atoms with Gasteiger partial charge in [0, 0.05) is 5.56 Å². The zero-order valence-electron chi connectivity index (χ0n) is 5.93. The number of halogens is 3. The molecule has 1 aromatic rings. The summed E-state index contributed by atoms with van der Waals surface area (Å²) in [5.74, 6) is -0.633. The van der Waals surface area contributed by atoms with Crippen molar-refractivity contribution >= 4 is 29.5 Å². The van der Waals surface area contributed by atoms with Crippen LogP contribution in [-0.2, 0) is 4.79 Å². The lowest BCUT2D eigenvalue weighted by atomic mass is 10.1. The van der Waals surface area contributed by atoms with E-state index in [9.17, 15) is 9.18 Å². The van der Waals surface area contributed by atoms with Gasteiger partial charge in [0.05, 0.1) is 5.02 Å². The van der Waals surface area contributed by atoms with Crippen molar-refractivity contribution in [1.29, 1.82) is 0 Å². The van der Waals surface area contributed by atoms with Crippen LogP contribution in [0.1, 0.15) is 10.9 Å². The second-order valence-electron chi connectivity index (χ2n) is 2.18. The Bertz CT molecular complexity index is 301. The summed E-state index contributed by atoms with van der Waals surface area (Å²) in [6.07, 6.45) is 0.455. The SMILES string of the molecule is O=CC(Cl)c1cccc(Cl)c1F. The Kier molecular flexibility index (Phi) is 3.06.